The van der Waals surface area contributed by atoms with Crippen molar-refractivity contribution < 1.29 is 4.74 Å². The number of ether oxygens (including phenoxy) is 1. The van der Waals surface area contributed by atoms with Gasteiger partial charge in [-0.05, 0) is 37.8 Å². The molecule has 3 rings (SSSR count). The van der Waals surface area contributed by atoms with E-state index in [4.69, 9.17) is 27.9 Å². The Morgan fingerprint density at radius 2 is 1.70 bits per heavy atom. The van der Waals surface area contributed by atoms with Crippen molar-refractivity contribution in [1.82, 2.24) is 25.0 Å². The summed E-state index contributed by atoms with van der Waals surface area (Å²) in [5.41, 5.74) is -0.674. The lowest BCUT2D eigenvalue weighted by molar-refractivity contribution is 0.451. The normalized spacial score (nSPS) is 11.1. The Morgan fingerprint density at radius 1 is 1.07 bits per heavy atom. The van der Waals surface area contributed by atoms with E-state index in [0.29, 0.717) is 5.56 Å². The minimum absolute atomic E-state index is 0.0637. The van der Waals surface area contributed by atoms with E-state index in [1.54, 1.807) is 6.07 Å². The number of nitrogens with one attached hydrogen (secondary N) is 2. The van der Waals surface area contributed by atoms with Gasteiger partial charge in [0.15, 0.2) is 5.75 Å². The highest BCUT2D eigenvalue weighted by Crippen LogP contribution is 2.37. The van der Waals surface area contributed by atoms with Gasteiger partial charge in [0.25, 0.3) is 11.1 Å². The largest absolute Gasteiger partial charge is 0.434 e. The highest BCUT2D eigenvalue weighted by molar-refractivity contribution is 6.37. The van der Waals surface area contributed by atoms with E-state index >= 15 is 0 Å². The lowest BCUT2D eigenvalue weighted by atomic mass is 9.96. The van der Waals surface area contributed by atoms with Gasteiger partial charge >= 0.3 is 5.69 Å². The third-order valence-corrected chi connectivity index (χ3v) is 5.22. The third-order valence-electron chi connectivity index (χ3n) is 4.66. The number of hydrogen-bond acceptors (Lipinski definition) is 6. The molecule has 11 heteroatoms. The van der Waals surface area contributed by atoms with Crippen molar-refractivity contribution in [2.45, 2.75) is 39.5 Å². The molecule has 0 radical (unpaired) electrons. The maximum absolute atomic E-state index is 12.1. The van der Waals surface area contributed by atoms with E-state index in [2.05, 4.69) is 20.3 Å². The number of H-pyrrole nitrogens is 2. The lowest BCUT2D eigenvalue weighted by Gasteiger charge is -2.14. The highest BCUT2D eigenvalue weighted by Gasteiger charge is 2.17. The number of benzene rings is 1. The number of hydrogen-bond donors (Lipinski definition) is 2. The van der Waals surface area contributed by atoms with Crippen molar-refractivity contribution in [2.75, 3.05) is 0 Å². The Hall–Kier alpha value is -2.91. The van der Waals surface area contributed by atoms with E-state index in [0.717, 1.165) is 17.5 Å². The first-order valence-electron chi connectivity index (χ1n) is 9.22. The van der Waals surface area contributed by atoms with Crippen molar-refractivity contribution in [1.29, 1.82) is 0 Å². The number of rotatable bonds is 6. The molecule has 158 valence electrons. The van der Waals surface area contributed by atoms with E-state index in [1.807, 2.05) is 13.8 Å². The molecule has 0 fully saturated rings. The van der Waals surface area contributed by atoms with E-state index < -0.39 is 11.2 Å². The first-order valence-corrected chi connectivity index (χ1v) is 9.97. The Balaban J connectivity index is 2.01. The minimum Gasteiger partial charge on any atom is -0.434 e. The zero-order chi connectivity index (χ0) is 22.0. The molecule has 0 aliphatic rings. The van der Waals surface area contributed by atoms with E-state index in [1.165, 1.54) is 19.1 Å². The fourth-order valence-electron chi connectivity index (χ4n) is 3.01. The highest BCUT2D eigenvalue weighted by atomic mass is 35.5. The number of aryl methyl sites for hydroxylation is 1. The molecule has 0 bridgehead atoms. The van der Waals surface area contributed by atoms with Crippen LogP contribution in [0.1, 0.15) is 43.9 Å². The second-order valence-electron chi connectivity index (χ2n) is 6.60. The van der Waals surface area contributed by atoms with Gasteiger partial charge in [0.1, 0.15) is 5.69 Å². The van der Waals surface area contributed by atoms with Crippen molar-refractivity contribution >= 4 is 23.2 Å². The zero-order valence-electron chi connectivity index (χ0n) is 16.5. The molecule has 0 atom stereocenters. The first-order chi connectivity index (χ1) is 14.2. The molecule has 0 spiro atoms. The van der Waals surface area contributed by atoms with Crippen molar-refractivity contribution in [2.24, 2.45) is 0 Å². The van der Waals surface area contributed by atoms with Crippen molar-refractivity contribution in [3.05, 3.63) is 70.7 Å². The SMILES string of the molecule is CCC(CC)c1cc(Oc2c(Cl)cc(-n3nc(C)c(=O)[nH]c3=O)cc2Cl)n[nH]c1=O. The molecule has 30 heavy (non-hydrogen) atoms. The minimum atomic E-state index is -0.733. The lowest BCUT2D eigenvalue weighted by Crippen LogP contribution is -2.32. The van der Waals surface area contributed by atoms with Gasteiger partial charge in [0, 0.05) is 11.6 Å². The molecule has 0 saturated carbocycles. The van der Waals surface area contributed by atoms with Crippen LogP contribution in [0.4, 0.5) is 0 Å². The zero-order valence-corrected chi connectivity index (χ0v) is 18.0. The molecule has 2 N–H and O–H groups in total. The van der Waals surface area contributed by atoms with Crippen LogP contribution in [0.15, 0.2) is 32.6 Å². The molecular formula is C19H19Cl2N5O4. The van der Waals surface area contributed by atoms with Gasteiger partial charge in [-0.3, -0.25) is 14.6 Å². The first kappa shape index (κ1) is 21.8. The van der Waals surface area contributed by atoms with Crippen LogP contribution in [0.3, 0.4) is 0 Å². The summed E-state index contributed by atoms with van der Waals surface area (Å²) in [6.07, 6.45) is 1.58. The van der Waals surface area contributed by atoms with Crippen LogP contribution in [0.5, 0.6) is 11.6 Å². The van der Waals surface area contributed by atoms with Gasteiger partial charge in [0.2, 0.25) is 5.88 Å². The van der Waals surface area contributed by atoms with Gasteiger partial charge < -0.3 is 4.74 Å². The Labute approximate surface area is 180 Å². The molecule has 0 unspecified atom stereocenters. The summed E-state index contributed by atoms with van der Waals surface area (Å²) in [6.45, 7) is 5.46. The average Bonchev–Trinajstić information content (AvgIpc) is 2.70. The van der Waals surface area contributed by atoms with Crippen molar-refractivity contribution in [3.63, 3.8) is 0 Å². The van der Waals surface area contributed by atoms with Crippen LogP contribution in [-0.2, 0) is 0 Å². The predicted octanol–water partition coefficient (Wildman–Crippen LogP) is 3.32. The topological polar surface area (TPSA) is 123 Å². The third kappa shape index (κ3) is 4.31. The van der Waals surface area contributed by atoms with Gasteiger partial charge in [-0.1, -0.05) is 37.0 Å². The van der Waals surface area contributed by atoms with Crippen LogP contribution in [0.2, 0.25) is 10.0 Å². The maximum atomic E-state index is 12.1. The standard InChI is InChI=1S/C19H19Cl2N5O4/c1-4-10(5-2)12-8-15(23-24-18(12)28)30-16-13(20)6-11(7-14(16)21)26-19(29)22-17(27)9(3)25-26/h6-8,10H,4-5H2,1-3H3,(H,24,28)(H,22,27,29). The average molecular weight is 452 g/mol. The fourth-order valence-corrected chi connectivity index (χ4v) is 3.57. The molecule has 9 nitrogen and oxygen atoms in total. The molecule has 0 aliphatic heterocycles. The summed E-state index contributed by atoms with van der Waals surface area (Å²) in [7, 11) is 0. The second-order valence-corrected chi connectivity index (χ2v) is 7.42. The van der Waals surface area contributed by atoms with Gasteiger partial charge in [-0.15, -0.1) is 5.10 Å². The molecule has 3 aromatic rings. The Morgan fingerprint density at radius 3 is 2.30 bits per heavy atom. The second kappa shape index (κ2) is 8.85. The monoisotopic (exact) mass is 451 g/mol. The summed E-state index contributed by atoms with van der Waals surface area (Å²) in [5, 5.41) is 10.5. The number of halogens is 2. The van der Waals surface area contributed by atoms with Crippen LogP contribution in [0.25, 0.3) is 5.69 Å². The fraction of sp³-hybridized carbons (Fsp3) is 0.316. The van der Waals surface area contributed by atoms with E-state index in [-0.39, 0.29) is 44.5 Å². The Kier molecular flexibility index (Phi) is 6.42. The molecule has 0 saturated heterocycles. The molecule has 0 aliphatic carbocycles. The van der Waals surface area contributed by atoms with Gasteiger partial charge in [0.05, 0.1) is 15.7 Å². The maximum Gasteiger partial charge on any atom is 0.349 e. The number of aromatic nitrogens is 5. The Bertz CT molecular complexity index is 1240. The van der Waals surface area contributed by atoms with Crippen LogP contribution in [-0.4, -0.2) is 25.0 Å². The molecule has 2 heterocycles. The smallest absolute Gasteiger partial charge is 0.349 e. The van der Waals surface area contributed by atoms with Crippen LogP contribution < -0.4 is 21.5 Å². The number of nitrogens with zero attached hydrogens (tertiary/aromatic N) is 3. The summed E-state index contributed by atoms with van der Waals surface area (Å²) in [4.78, 5) is 37.9. The molecule has 2 aromatic heterocycles. The van der Waals surface area contributed by atoms with Gasteiger partial charge in [-0.2, -0.15) is 9.78 Å². The summed E-state index contributed by atoms with van der Waals surface area (Å²) in [5.74, 6) is 0.295. The predicted molar refractivity (Wildman–Crippen MR) is 113 cm³/mol. The molecular weight excluding hydrogens is 433 g/mol. The summed E-state index contributed by atoms with van der Waals surface area (Å²) in [6, 6.07) is 4.40. The van der Waals surface area contributed by atoms with E-state index in [9.17, 15) is 14.4 Å². The number of aromatic amines is 2. The van der Waals surface area contributed by atoms with Crippen molar-refractivity contribution in [3.8, 4) is 17.3 Å². The van der Waals surface area contributed by atoms with Crippen LogP contribution >= 0.6 is 23.2 Å². The van der Waals surface area contributed by atoms with Crippen LogP contribution in [0, 0.1) is 6.92 Å². The summed E-state index contributed by atoms with van der Waals surface area (Å²) >= 11 is 12.6. The summed E-state index contributed by atoms with van der Waals surface area (Å²) < 4.78 is 6.70. The quantitative estimate of drug-likeness (QED) is 0.592. The molecule has 0 amide bonds. The van der Waals surface area contributed by atoms with Gasteiger partial charge in [-0.25, -0.2) is 9.89 Å². The molecule has 1 aromatic carbocycles.